The first kappa shape index (κ1) is 23.6. The molecule has 8 nitrogen and oxygen atoms in total. The third kappa shape index (κ3) is 6.03. The summed E-state index contributed by atoms with van der Waals surface area (Å²) in [6, 6.07) is 8.34. The summed E-state index contributed by atoms with van der Waals surface area (Å²) in [7, 11) is 1.46. The van der Waals surface area contributed by atoms with Crippen LogP contribution in [0.1, 0.15) is 34.7 Å². The molecule has 0 spiro atoms. The predicted octanol–water partition coefficient (Wildman–Crippen LogP) is 2.46. The Morgan fingerprint density at radius 1 is 1.18 bits per heavy atom. The Bertz CT molecular complexity index is 1130. The monoisotopic (exact) mass is 453 g/mol. The van der Waals surface area contributed by atoms with Gasteiger partial charge in [0.05, 0.1) is 12.5 Å². The highest BCUT2D eigenvalue weighted by atomic mass is 19.1. The van der Waals surface area contributed by atoms with Gasteiger partial charge >= 0.3 is 12.0 Å². The molecule has 9 heteroatoms. The molecule has 0 fully saturated rings. The highest BCUT2D eigenvalue weighted by Gasteiger charge is 2.32. The number of nitrogens with one attached hydrogen (secondary N) is 2. The molecule has 1 heterocycles. The second-order valence-corrected chi connectivity index (χ2v) is 7.86. The number of hydrogen-bond acceptors (Lipinski definition) is 4. The van der Waals surface area contributed by atoms with Crippen molar-refractivity contribution < 1.29 is 28.7 Å². The van der Waals surface area contributed by atoms with E-state index >= 15 is 0 Å². The zero-order valence-corrected chi connectivity index (χ0v) is 18.2. The summed E-state index contributed by atoms with van der Waals surface area (Å²) in [5.41, 5.74) is 3.04. The fourth-order valence-corrected chi connectivity index (χ4v) is 3.54. The maximum absolute atomic E-state index is 13.6. The lowest BCUT2D eigenvalue weighted by Crippen LogP contribution is -2.55. The van der Waals surface area contributed by atoms with Crippen molar-refractivity contribution in [1.82, 2.24) is 15.5 Å². The number of aryl methyl sites for hydroxylation is 1. The lowest BCUT2D eigenvalue weighted by atomic mass is 9.96. The maximum atomic E-state index is 13.6. The van der Waals surface area contributed by atoms with Gasteiger partial charge in [0.2, 0.25) is 0 Å². The van der Waals surface area contributed by atoms with E-state index in [1.54, 1.807) is 24.3 Å². The van der Waals surface area contributed by atoms with Crippen LogP contribution in [0.3, 0.4) is 0 Å². The van der Waals surface area contributed by atoms with Crippen molar-refractivity contribution in [3.05, 3.63) is 82.8 Å². The predicted molar refractivity (Wildman–Crippen MR) is 118 cm³/mol. The Morgan fingerprint density at radius 3 is 2.67 bits per heavy atom. The van der Waals surface area contributed by atoms with Crippen molar-refractivity contribution in [3.63, 3.8) is 0 Å². The fourth-order valence-electron chi connectivity index (χ4n) is 3.54. The molecule has 3 amide bonds. The van der Waals surface area contributed by atoms with Crippen molar-refractivity contribution in [1.29, 1.82) is 0 Å². The van der Waals surface area contributed by atoms with E-state index in [0.717, 1.165) is 16.7 Å². The quantitative estimate of drug-likeness (QED) is 0.557. The molecule has 2 atom stereocenters. The smallest absolute Gasteiger partial charge is 0.316 e. The number of ketones is 1. The number of benzene rings is 2. The number of hydrogen-bond donors (Lipinski definition) is 3. The van der Waals surface area contributed by atoms with Gasteiger partial charge in [-0.25, -0.2) is 9.18 Å². The van der Waals surface area contributed by atoms with Gasteiger partial charge in [-0.05, 0) is 47.7 Å². The molecule has 0 aliphatic carbocycles. The topological polar surface area (TPSA) is 116 Å². The highest BCUT2D eigenvalue weighted by molar-refractivity contribution is 6.14. The second kappa shape index (κ2) is 10.1. The lowest BCUT2D eigenvalue weighted by molar-refractivity contribution is -0.138. The SMILES string of the molecule is Cc1ccc(F)cc1Cc1cccc(C(CC(=O)O)NC(=O)NC2C(=O)C=CN(C)C2=O)c1. The molecule has 0 aromatic heterocycles. The van der Waals surface area contributed by atoms with Crippen LogP contribution in [0.2, 0.25) is 0 Å². The average Bonchev–Trinajstić information content (AvgIpc) is 2.76. The average molecular weight is 453 g/mol. The van der Waals surface area contributed by atoms with E-state index in [1.807, 2.05) is 13.0 Å². The largest absolute Gasteiger partial charge is 0.481 e. The van der Waals surface area contributed by atoms with Gasteiger partial charge in [0.15, 0.2) is 11.8 Å². The van der Waals surface area contributed by atoms with Crippen molar-refractivity contribution >= 4 is 23.7 Å². The van der Waals surface area contributed by atoms with Crippen molar-refractivity contribution in [2.45, 2.75) is 31.8 Å². The van der Waals surface area contributed by atoms with Crippen molar-refractivity contribution in [3.8, 4) is 0 Å². The number of amides is 3. The summed E-state index contributed by atoms with van der Waals surface area (Å²) in [5.74, 6) is -2.66. The second-order valence-electron chi connectivity index (χ2n) is 7.86. The van der Waals surface area contributed by atoms with Crippen LogP contribution < -0.4 is 10.6 Å². The fraction of sp³-hybridized carbons (Fsp3) is 0.250. The number of likely N-dealkylation sites (N-methyl/N-ethyl adjacent to an activating group) is 1. The normalized spacial score (nSPS) is 16.5. The molecule has 1 aliphatic rings. The van der Waals surface area contributed by atoms with E-state index < -0.39 is 42.2 Å². The Hall–Kier alpha value is -4.01. The first-order valence-corrected chi connectivity index (χ1v) is 10.3. The number of carboxylic acid groups (broad SMARTS) is 1. The summed E-state index contributed by atoms with van der Waals surface area (Å²) < 4.78 is 13.6. The molecule has 3 rings (SSSR count). The van der Waals surface area contributed by atoms with Gasteiger partial charge in [0.25, 0.3) is 5.91 Å². The van der Waals surface area contributed by atoms with Gasteiger partial charge < -0.3 is 20.6 Å². The number of aliphatic carboxylic acids is 1. The Balaban J connectivity index is 1.78. The van der Waals surface area contributed by atoms with E-state index in [9.17, 15) is 28.7 Å². The van der Waals surface area contributed by atoms with Crippen LogP contribution in [0.4, 0.5) is 9.18 Å². The van der Waals surface area contributed by atoms with Crippen LogP contribution in [0.5, 0.6) is 0 Å². The standard InChI is InChI=1S/C24H24FN3O5/c1-14-6-7-18(25)12-17(14)11-15-4-3-5-16(10-15)19(13-21(30)31)26-24(33)27-22-20(29)8-9-28(2)23(22)32/h3-10,12,19,22H,11,13H2,1-2H3,(H,30,31)(H2,26,27,33). The molecule has 0 bridgehead atoms. The molecule has 2 unspecified atom stereocenters. The molecular weight excluding hydrogens is 429 g/mol. The van der Waals surface area contributed by atoms with Crippen LogP contribution >= 0.6 is 0 Å². The Labute approximate surface area is 190 Å². The minimum atomic E-state index is -1.38. The van der Waals surface area contributed by atoms with Crippen LogP contribution in [0, 0.1) is 12.7 Å². The summed E-state index contributed by atoms with van der Waals surface area (Å²) in [6.07, 6.45) is 2.49. The van der Waals surface area contributed by atoms with Gasteiger partial charge in [0, 0.05) is 19.3 Å². The van der Waals surface area contributed by atoms with Crippen LogP contribution in [-0.4, -0.2) is 46.8 Å². The Morgan fingerprint density at radius 2 is 1.94 bits per heavy atom. The number of nitrogens with zero attached hydrogens (tertiary/aromatic N) is 1. The molecule has 2 aromatic rings. The number of halogens is 1. The summed E-state index contributed by atoms with van der Waals surface area (Å²) in [6.45, 7) is 1.87. The molecule has 33 heavy (non-hydrogen) atoms. The van der Waals surface area contributed by atoms with E-state index in [-0.39, 0.29) is 5.82 Å². The number of urea groups is 1. The summed E-state index contributed by atoms with van der Waals surface area (Å²) in [5, 5.41) is 14.2. The van der Waals surface area contributed by atoms with Gasteiger partial charge in [-0.3, -0.25) is 14.4 Å². The minimum Gasteiger partial charge on any atom is -0.481 e. The first-order valence-electron chi connectivity index (χ1n) is 10.3. The molecule has 172 valence electrons. The van der Waals surface area contributed by atoms with E-state index in [4.69, 9.17) is 0 Å². The third-order valence-electron chi connectivity index (χ3n) is 5.36. The van der Waals surface area contributed by atoms with Crippen molar-refractivity contribution in [2.24, 2.45) is 0 Å². The zero-order valence-electron chi connectivity index (χ0n) is 18.2. The number of carbonyl (C=O) groups is 4. The van der Waals surface area contributed by atoms with Crippen LogP contribution in [-0.2, 0) is 20.8 Å². The third-order valence-corrected chi connectivity index (χ3v) is 5.36. The number of carbonyl (C=O) groups excluding carboxylic acids is 3. The molecule has 0 radical (unpaired) electrons. The van der Waals surface area contributed by atoms with E-state index in [0.29, 0.717) is 12.0 Å². The van der Waals surface area contributed by atoms with Gasteiger partial charge in [-0.1, -0.05) is 30.3 Å². The van der Waals surface area contributed by atoms with Gasteiger partial charge in [-0.2, -0.15) is 0 Å². The number of carboxylic acids is 1. The maximum Gasteiger partial charge on any atom is 0.316 e. The van der Waals surface area contributed by atoms with Crippen molar-refractivity contribution in [2.75, 3.05) is 7.05 Å². The molecular formula is C24H24FN3O5. The minimum absolute atomic E-state index is 0.346. The zero-order chi connectivity index (χ0) is 24.1. The van der Waals surface area contributed by atoms with Crippen LogP contribution in [0.15, 0.2) is 54.7 Å². The van der Waals surface area contributed by atoms with Crippen LogP contribution in [0.25, 0.3) is 0 Å². The summed E-state index contributed by atoms with van der Waals surface area (Å²) >= 11 is 0. The summed E-state index contributed by atoms with van der Waals surface area (Å²) in [4.78, 5) is 49.3. The Kier molecular flexibility index (Phi) is 7.22. The number of rotatable bonds is 7. The molecule has 1 aliphatic heterocycles. The molecule has 0 saturated carbocycles. The van der Waals surface area contributed by atoms with Gasteiger partial charge in [0.1, 0.15) is 5.82 Å². The van der Waals surface area contributed by atoms with Gasteiger partial charge in [-0.15, -0.1) is 0 Å². The molecule has 3 N–H and O–H groups in total. The molecule has 2 aromatic carbocycles. The van der Waals surface area contributed by atoms with E-state index in [2.05, 4.69) is 10.6 Å². The molecule has 0 saturated heterocycles. The van der Waals surface area contributed by atoms with E-state index in [1.165, 1.54) is 36.4 Å². The lowest BCUT2D eigenvalue weighted by Gasteiger charge is -2.25. The first-order chi connectivity index (χ1) is 15.6. The highest BCUT2D eigenvalue weighted by Crippen LogP contribution is 2.22.